The summed E-state index contributed by atoms with van der Waals surface area (Å²) < 4.78 is 16.1. The smallest absolute Gasteiger partial charge is 0.407 e. The Kier molecular flexibility index (Phi) is 4.57. The number of benzene rings is 1. The fourth-order valence-electron chi connectivity index (χ4n) is 2.83. The predicted molar refractivity (Wildman–Crippen MR) is 88.6 cm³/mol. The first-order chi connectivity index (χ1) is 11.4. The van der Waals surface area contributed by atoms with E-state index in [-0.39, 0.29) is 6.10 Å². The molecule has 1 amide bonds. The third-order valence-electron chi connectivity index (χ3n) is 3.77. The number of carbonyl (C=O) groups is 1. The van der Waals surface area contributed by atoms with E-state index in [1.54, 1.807) is 6.26 Å². The molecule has 3 rings (SSSR count). The lowest BCUT2D eigenvalue weighted by atomic mass is 9.91. The summed E-state index contributed by atoms with van der Waals surface area (Å²) >= 11 is 0. The highest BCUT2D eigenvalue weighted by atomic mass is 16.6. The van der Waals surface area contributed by atoms with Gasteiger partial charge in [0.15, 0.2) is 0 Å². The summed E-state index contributed by atoms with van der Waals surface area (Å²) in [6.45, 7) is 6.47. The molecule has 1 aromatic carbocycles. The van der Waals surface area contributed by atoms with Crippen LogP contribution < -0.4 is 5.32 Å². The molecule has 24 heavy (non-hydrogen) atoms. The van der Waals surface area contributed by atoms with Gasteiger partial charge in [0.1, 0.15) is 23.7 Å². The number of ether oxygens (including phenoxy) is 2. The summed E-state index contributed by atoms with van der Waals surface area (Å²) in [4.78, 5) is 11.9. The van der Waals surface area contributed by atoms with E-state index in [0.717, 1.165) is 23.2 Å². The average molecular weight is 330 g/mol. The Morgan fingerprint density at radius 1 is 1.38 bits per heavy atom. The molecule has 2 aromatic rings. The predicted octanol–water partition coefficient (Wildman–Crippen LogP) is 3.48. The highest BCUT2D eigenvalue weighted by Crippen LogP contribution is 2.33. The van der Waals surface area contributed by atoms with Crippen LogP contribution in [0.25, 0.3) is 11.3 Å². The molecule has 1 N–H and O–H groups in total. The van der Waals surface area contributed by atoms with Crippen LogP contribution in [0.5, 0.6) is 0 Å². The van der Waals surface area contributed by atoms with Crippen LogP contribution in [-0.2, 0) is 15.9 Å². The molecule has 2 heterocycles. The van der Waals surface area contributed by atoms with Gasteiger partial charge < -0.3 is 19.3 Å². The molecule has 6 heteroatoms. The van der Waals surface area contributed by atoms with Gasteiger partial charge in [0, 0.05) is 11.6 Å². The third-order valence-corrected chi connectivity index (χ3v) is 3.77. The number of rotatable bonds is 3. The number of hydrogen-bond donors (Lipinski definition) is 1. The van der Waals surface area contributed by atoms with Crippen molar-refractivity contribution in [2.24, 2.45) is 0 Å². The van der Waals surface area contributed by atoms with E-state index in [2.05, 4.69) is 10.5 Å². The van der Waals surface area contributed by atoms with Gasteiger partial charge in [-0.25, -0.2) is 4.79 Å². The van der Waals surface area contributed by atoms with Crippen molar-refractivity contribution in [1.29, 1.82) is 0 Å². The van der Waals surface area contributed by atoms with Gasteiger partial charge in [-0.2, -0.15) is 0 Å². The van der Waals surface area contributed by atoms with Crippen LogP contribution in [0.1, 0.15) is 38.0 Å². The summed E-state index contributed by atoms with van der Waals surface area (Å²) in [6.07, 6.45) is 1.73. The fourth-order valence-corrected chi connectivity index (χ4v) is 2.83. The third kappa shape index (κ3) is 3.76. The molecule has 1 aliphatic heterocycles. The molecule has 0 spiro atoms. The van der Waals surface area contributed by atoms with Crippen molar-refractivity contribution in [2.45, 2.75) is 38.9 Å². The highest BCUT2D eigenvalue weighted by Gasteiger charge is 2.25. The zero-order valence-electron chi connectivity index (χ0n) is 14.2. The van der Waals surface area contributed by atoms with Gasteiger partial charge >= 0.3 is 6.09 Å². The second kappa shape index (κ2) is 6.65. The number of carbonyl (C=O) groups excluding carboxylic acids is 1. The number of nitrogens with one attached hydrogen (secondary N) is 1. The average Bonchev–Trinajstić information content (AvgIpc) is 3.05. The summed E-state index contributed by atoms with van der Waals surface area (Å²) in [7, 11) is 0. The number of aromatic nitrogens is 1. The fraction of sp³-hybridized carbons (Fsp3) is 0.444. The Balaban J connectivity index is 1.75. The number of hydrogen-bond acceptors (Lipinski definition) is 5. The molecule has 0 unspecified atom stereocenters. The summed E-state index contributed by atoms with van der Waals surface area (Å²) in [5, 5.41) is 6.81. The van der Waals surface area contributed by atoms with Gasteiger partial charge in [0.2, 0.25) is 0 Å². The Morgan fingerprint density at radius 3 is 2.92 bits per heavy atom. The Labute approximate surface area is 141 Å². The van der Waals surface area contributed by atoms with E-state index in [4.69, 9.17) is 14.0 Å². The van der Waals surface area contributed by atoms with E-state index in [1.165, 1.54) is 5.56 Å². The normalized spacial score (nSPS) is 17.2. The zero-order valence-corrected chi connectivity index (χ0v) is 14.2. The monoisotopic (exact) mass is 330 g/mol. The van der Waals surface area contributed by atoms with Gasteiger partial charge in [-0.3, -0.25) is 0 Å². The summed E-state index contributed by atoms with van der Waals surface area (Å²) in [6, 6.07) is 7.87. The molecule has 128 valence electrons. The van der Waals surface area contributed by atoms with Crippen molar-refractivity contribution in [3.05, 3.63) is 41.7 Å². The van der Waals surface area contributed by atoms with Crippen molar-refractivity contribution < 1.29 is 18.8 Å². The first-order valence-corrected chi connectivity index (χ1v) is 8.05. The Morgan fingerprint density at radius 2 is 2.21 bits per heavy atom. The van der Waals surface area contributed by atoms with Crippen molar-refractivity contribution in [3.8, 4) is 11.3 Å². The standard InChI is InChI=1S/C18H22N2O4/c1-18(2,3)24-17(21)19-11-16-14-6-4-5-13(12(14)7-9-22-16)15-8-10-23-20-15/h4-6,8,10,16H,7,9,11H2,1-3H3,(H,19,21)/t16-/m1/s1. The molecule has 1 aromatic heterocycles. The first kappa shape index (κ1) is 16.5. The molecule has 6 nitrogen and oxygen atoms in total. The summed E-state index contributed by atoms with van der Waals surface area (Å²) in [5.41, 5.74) is 3.60. The maximum atomic E-state index is 11.9. The molecular formula is C18H22N2O4. The quantitative estimate of drug-likeness (QED) is 0.932. The van der Waals surface area contributed by atoms with Gasteiger partial charge in [0.05, 0.1) is 13.2 Å². The number of fused-ring (bicyclic) bond motifs is 1. The lowest BCUT2D eigenvalue weighted by Gasteiger charge is -2.28. The van der Waals surface area contributed by atoms with E-state index < -0.39 is 11.7 Å². The topological polar surface area (TPSA) is 73.6 Å². The minimum Gasteiger partial charge on any atom is -0.444 e. The van der Waals surface area contributed by atoms with Crippen molar-refractivity contribution in [1.82, 2.24) is 10.5 Å². The maximum absolute atomic E-state index is 11.9. The van der Waals surface area contributed by atoms with E-state index in [1.807, 2.05) is 45.0 Å². The molecule has 1 aliphatic rings. The van der Waals surface area contributed by atoms with Crippen molar-refractivity contribution >= 4 is 6.09 Å². The molecule has 0 radical (unpaired) electrons. The lowest BCUT2D eigenvalue weighted by molar-refractivity contribution is 0.0289. The summed E-state index contributed by atoms with van der Waals surface area (Å²) in [5.74, 6) is 0. The van der Waals surface area contributed by atoms with Crippen molar-refractivity contribution in [3.63, 3.8) is 0 Å². The molecule has 0 bridgehead atoms. The lowest BCUT2D eigenvalue weighted by Crippen LogP contribution is -2.36. The Bertz CT molecular complexity index is 704. The molecule has 0 saturated carbocycles. The largest absolute Gasteiger partial charge is 0.444 e. The van der Waals surface area contributed by atoms with Crippen LogP contribution >= 0.6 is 0 Å². The van der Waals surface area contributed by atoms with Crippen LogP contribution in [0, 0.1) is 0 Å². The minimum atomic E-state index is -0.518. The number of alkyl carbamates (subject to hydrolysis) is 1. The van der Waals surface area contributed by atoms with E-state index in [9.17, 15) is 4.79 Å². The second-order valence-electron chi connectivity index (χ2n) is 6.75. The van der Waals surface area contributed by atoms with Gasteiger partial charge in [0.25, 0.3) is 0 Å². The van der Waals surface area contributed by atoms with Crippen LogP contribution in [0.2, 0.25) is 0 Å². The molecular weight excluding hydrogens is 308 g/mol. The SMILES string of the molecule is CC(C)(C)OC(=O)NC[C@H]1OCCc2c(-c3ccon3)cccc21. The highest BCUT2D eigenvalue weighted by molar-refractivity contribution is 5.68. The van der Waals surface area contributed by atoms with Crippen LogP contribution in [0.4, 0.5) is 4.79 Å². The first-order valence-electron chi connectivity index (χ1n) is 8.05. The second-order valence-corrected chi connectivity index (χ2v) is 6.75. The van der Waals surface area contributed by atoms with Crippen LogP contribution in [0.15, 0.2) is 35.1 Å². The number of amides is 1. The molecule has 0 aliphatic carbocycles. The molecule has 0 saturated heterocycles. The number of nitrogens with zero attached hydrogens (tertiary/aromatic N) is 1. The Hall–Kier alpha value is -2.34. The van der Waals surface area contributed by atoms with Crippen LogP contribution in [0.3, 0.4) is 0 Å². The van der Waals surface area contributed by atoms with E-state index in [0.29, 0.717) is 13.2 Å². The van der Waals surface area contributed by atoms with Crippen molar-refractivity contribution in [2.75, 3.05) is 13.2 Å². The zero-order chi connectivity index (χ0) is 17.2. The van der Waals surface area contributed by atoms with Gasteiger partial charge in [-0.05, 0) is 38.3 Å². The van der Waals surface area contributed by atoms with Gasteiger partial charge in [-0.1, -0.05) is 23.4 Å². The van der Waals surface area contributed by atoms with Crippen LogP contribution in [-0.4, -0.2) is 30.0 Å². The van der Waals surface area contributed by atoms with E-state index >= 15 is 0 Å². The molecule has 1 atom stereocenters. The maximum Gasteiger partial charge on any atom is 0.407 e. The van der Waals surface area contributed by atoms with Gasteiger partial charge in [-0.15, -0.1) is 0 Å². The molecule has 0 fully saturated rings. The minimum absolute atomic E-state index is 0.201.